The summed E-state index contributed by atoms with van der Waals surface area (Å²) in [4.78, 5) is 27.0. The van der Waals surface area contributed by atoms with Gasteiger partial charge in [0, 0.05) is 31.0 Å². The summed E-state index contributed by atoms with van der Waals surface area (Å²) in [7, 11) is -3.74. The van der Waals surface area contributed by atoms with Gasteiger partial charge in [-0.1, -0.05) is 26.0 Å². The van der Waals surface area contributed by atoms with Gasteiger partial charge in [0.05, 0.1) is 10.5 Å². The lowest BCUT2D eigenvalue weighted by Gasteiger charge is -2.34. The van der Waals surface area contributed by atoms with Crippen molar-refractivity contribution in [3.8, 4) is 0 Å². The Morgan fingerprint density at radius 3 is 2.25 bits per heavy atom. The predicted octanol–water partition coefficient (Wildman–Crippen LogP) is 2.46. The summed E-state index contributed by atoms with van der Waals surface area (Å²) >= 11 is 0. The Morgan fingerprint density at radius 1 is 1.09 bits per heavy atom. The van der Waals surface area contributed by atoms with E-state index in [1.807, 2.05) is 18.4 Å². The Bertz CT molecular complexity index is 1100. The van der Waals surface area contributed by atoms with Gasteiger partial charge in [-0.3, -0.25) is 4.79 Å². The van der Waals surface area contributed by atoms with E-state index < -0.39 is 16.0 Å². The SMILES string of the molecule is Cc1cc(C(=O)OCC(=O)N2CC(C)CC(C)C2)c(C)n1Cc1ccc(S(N)(=O)=O)cc1. The van der Waals surface area contributed by atoms with Crippen LogP contribution in [0.5, 0.6) is 0 Å². The summed E-state index contributed by atoms with van der Waals surface area (Å²) in [5.74, 6) is 0.189. The first-order valence-corrected chi connectivity index (χ1v) is 12.2. The number of nitrogens with two attached hydrogens (primary N) is 1. The first-order valence-electron chi connectivity index (χ1n) is 10.7. The van der Waals surface area contributed by atoms with Gasteiger partial charge in [-0.15, -0.1) is 0 Å². The van der Waals surface area contributed by atoms with E-state index in [0.717, 1.165) is 23.4 Å². The Kier molecular flexibility index (Phi) is 7.09. The highest BCUT2D eigenvalue weighted by Gasteiger charge is 2.26. The molecule has 0 aliphatic carbocycles. The van der Waals surface area contributed by atoms with Crippen molar-refractivity contribution in [1.29, 1.82) is 0 Å². The maximum Gasteiger partial charge on any atom is 0.340 e. The average Bonchev–Trinajstić information content (AvgIpc) is 2.99. The maximum absolute atomic E-state index is 12.7. The number of aryl methyl sites for hydroxylation is 1. The fraction of sp³-hybridized carbons (Fsp3) is 0.478. The molecule has 1 saturated heterocycles. The number of ether oxygens (including phenoxy) is 1. The lowest BCUT2D eigenvalue weighted by molar-refractivity contribution is -0.137. The molecule has 2 unspecified atom stereocenters. The number of benzene rings is 1. The third-order valence-corrected chi connectivity index (χ3v) is 6.86. The highest BCUT2D eigenvalue weighted by Crippen LogP contribution is 2.22. The molecule has 2 N–H and O–H groups in total. The van der Waals surface area contributed by atoms with Crippen LogP contribution in [0, 0.1) is 25.7 Å². The summed E-state index contributed by atoms with van der Waals surface area (Å²) in [6.07, 6.45) is 1.10. The molecule has 2 heterocycles. The normalized spacial score (nSPS) is 19.1. The third-order valence-electron chi connectivity index (χ3n) is 5.93. The second-order valence-electron chi connectivity index (χ2n) is 8.88. The van der Waals surface area contributed by atoms with Crippen molar-refractivity contribution in [3.63, 3.8) is 0 Å². The lowest BCUT2D eigenvalue weighted by atomic mass is 9.92. The van der Waals surface area contributed by atoms with Crippen molar-refractivity contribution in [2.45, 2.75) is 45.6 Å². The summed E-state index contributed by atoms with van der Waals surface area (Å²) in [6, 6.07) is 8.04. The topological polar surface area (TPSA) is 112 Å². The average molecular weight is 462 g/mol. The Morgan fingerprint density at radius 2 is 1.69 bits per heavy atom. The smallest absolute Gasteiger partial charge is 0.340 e. The van der Waals surface area contributed by atoms with Gasteiger partial charge < -0.3 is 14.2 Å². The van der Waals surface area contributed by atoms with Crippen molar-refractivity contribution in [2.24, 2.45) is 17.0 Å². The number of primary sulfonamides is 1. The van der Waals surface area contributed by atoms with Crippen LogP contribution in [0.4, 0.5) is 0 Å². The minimum Gasteiger partial charge on any atom is -0.452 e. The summed E-state index contributed by atoms with van der Waals surface area (Å²) in [5.41, 5.74) is 2.85. The molecule has 1 aliphatic heterocycles. The minimum atomic E-state index is -3.74. The number of nitrogens with zero attached hydrogens (tertiary/aromatic N) is 2. The molecule has 1 amide bonds. The van der Waals surface area contributed by atoms with Gasteiger partial charge in [0.25, 0.3) is 5.91 Å². The van der Waals surface area contributed by atoms with Crippen LogP contribution in [-0.4, -0.2) is 49.5 Å². The van der Waals surface area contributed by atoms with Gasteiger partial charge in [0.15, 0.2) is 6.61 Å². The molecule has 0 saturated carbocycles. The third kappa shape index (κ3) is 5.58. The maximum atomic E-state index is 12.7. The second-order valence-corrected chi connectivity index (χ2v) is 10.4. The molecule has 2 atom stereocenters. The quantitative estimate of drug-likeness (QED) is 0.664. The van der Waals surface area contributed by atoms with Crippen LogP contribution in [-0.2, 0) is 26.1 Å². The van der Waals surface area contributed by atoms with E-state index in [2.05, 4.69) is 13.8 Å². The number of carbonyl (C=O) groups is 2. The highest BCUT2D eigenvalue weighted by molar-refractivity contribution is 7.89. The van der Waals surface area contributed by atoms with Crippen molar-refractivity contribution in [2.75, 3.05) is 19.7 Å². The van der Waals surface area contributed by atoms with Crippen LogP contribution in [0.15, 0.2) is 35.2 Å². The van der Waals surface area contributed by atoms with E-state index in [9.17, 15) is 18.0 Å². The number of piperidine rings is 1. The molecule has 1 aliphatic rings. The number of carbonyl (C=O) groups excluding carboxylic acids is 2. The van der Waals surface area contributed by atoms with Crippen molar-refractivity contribution >= 4 is 21.9 Å². The number of rotatable bonds is 6. The molecule has 0 spiro atoms. The van der Waals surface area contributed by atoms with Crippen LogP contribution >= 0.6 is 0 Å². The molecule has 1 aromatic carbocycles. The zero-order valence-corrected chi connectivity index (χ0v) is 19.8. The number of esters is 1. The first-order chi connectivity index (χ1) is 15.0. The van der Waals surface area contributed by atoms with Crippen molar-refractivity contribution in [3.05, 3.63) is 52.8 Å². The lowest BCUT2D eigenvalue weighted by Crippen LogP contribution is -2.44. The van der Waals surface area contributed by atoms with Gasteiger partial charge in [0.1, 0.15) is 0 Å². The fourth-order valence-electron chi connectivity index (χ4n) is 4.38. The van der Waals surface area contributed by atoms with Crippen LogP contribution in [0.2, 0.25) is 0 Å². The molecule has 32 heavy (non-hydrogen) atoms. The summed E-state index contributed by atoms with van der Waals surface area (Å²) in [6.45, 7) is 9.52. The van der Waals surface area contributed by atoms with Gasteiger partial charge in [-0.2, -0.15) is 0 Å². The molecule has 174 valence electrons. The van der Waals surface area contributed by atoms with Crippen LogP contribution in [0.1, 0.15) is 47.6 Å². The molecule has 1 fully saturated rings. The van der Waals surface area contributed by atoms with Crippen LogP contribution < -0.4 is 5.14 Å². The van der Waals surface area contributed by atoms with E-state index in [1.54, 1.807) is 23.1 Å². The van der Waals surface area contributed by atoms with Gasteiger partial charge in [-0.05, 0) is 55.9 Å². The Labute approximate surface area is 189 Å². The number of aromatic nitrogens is 1. The van der Waals surface area contributed by atoms with Gasteiger partial charge in [-0.25, -0.2) is 18.4 Å². The van der Waals surface area contributed by atoms with Crippen LogP contribution in [0.3, 0.4) is 0 Å². The zero-order valence-electron chi connectivity index (χ0n) is 19.0. The van der Waals surface area contributed by atoms with Crippen molar-refractivity contribution < 1.29 is 22.7 Å². The molecule has 0 bridgehead atoms. The predicted molar refractivity (Wildman–Crippen MR) is 121 cm³/mol. The number of hydrogen-bond donors (Lipinski definition) is 1. The Hall–Kier alpha value is -2.65. The molecule has 3 rings (SSSR count). The number of sulfonamides is 1. The fourth-order valence-corrected chi connectivity index (χ4v) is 4.90. The number of likely N-dealkylation sites (tertiary alicyclic amines) is 1. The summed E-state index contributed by atoms with van der Waals surface area (Å²) < 4.78 is 30.1. The molecule has 1 aromatic heterocycles. The molecular formula is C23H31N3O5S. The standard InChI is InChI=1S/C23H31N3O5S/c1-15-9-16(2)12-25(11-15)22(27)14-31-23(28)21-10-17(3)26(18(21)4)13-19-5-7-20(8-6-19)32(24,29)30/h5-8,10,15-16H,9,11-14H2,1-4H3,(H2,24,29,30). The van der Waals surface area contributed by atoms with E-state index in [1.165, 1.54) is 12.1 Å². The van der Waals surface area contributed by atoms with E-state index in [-0.39, 0.29) is 17.4 Å². The van der Waals surface area contributed by atoms with E-state index in [4.69, 9.17) is 9.88 Å². The largest absolute Gasteiger partial charge is 0.452 e. The van der Waals surface area contributed by atoms with Gasteiger partial charge >= 0.3 is 5.97 Å². The highest BCUT2D eigenvalue weighted by atomic mass is 32.2. The monoisotopic (exact) mass is 461 g/mol. The molecule has 8 nitrogen and oxygen atoms in total. The first kappa shape index (κ1) is 24.0. The molecule has 9 heteroatoms. The molecule has 2 aromatic rings. The zero-order chi connectivity index (χ0) is 23.6. The van der Waals surface area contributed by atoms with E-state index in [0.29, 0.717) is 37.0 Å². The Balaban J connectivity index is 1.66. The molecule has 0 radical (unpaired) electrons. The van der Waals surface area contributed by atoms with E-state index >= 15 is 0 Å². The van der Waals surface area contributed by atoms with Crippen LogP contribution in [0.25, 0.3) is 0 Å². The summed E-state index contributed by atoms with van der Waals surface area (Å²) in [5, 5.41) is 5.14. The van der Waals surface area contributed by atoms with Gasteiger partial charge in [0.2, 0.25) is 10.0 Å². The second kappa shape index (κ2) is 9.46. The minimum absolute atomic E-state index is 0.0497. The molecular weight excluding hydrogens is 430 g/mol. The number of hydrogen-bond acceptors (Lipinski definition) is 5. The van der Waals surface area contributed by atoms with Crippen molar-refractivity contribution in [1.82, 2.24) is 9.47 Å². The number of amides is 1.